The average Bonchev–Trinajstić information content (AvgIpc) is 2.36. The van der Waals surface area contributed by atoms with Gasteiger partial charge in [0.2, 0.25) is 0 Å². The molecule has 0 fully saturated rings. The molecule has 0 saturated heterocycles. The molecule has 17 heavy (non-hydrogen) atoms. The summed E-state index contributed by atoms with van der Waals surface area (Å²) in [5.74, 6) is -1.25. The van der Waals surface area contributed by atoms with Crippen molar-refractivity contribution in [2.45, 2.75) is 0 Å². The largest absolute Gasteiger partial charge is 0.493 e. The van der Waals surface area contributed by atoms with Crippen LogP contribution in [0.25, 0.3) is 0 Å². The van der Waals surface area contributed by atoms with Crippen LogP contribution in [-0.2, 0) is 9.53 Å². The minimum Gasteiger partial charge on any atom is -0.493 e. The third-order valence-electron chi connectivity index (χ3n) is 2.10. The van der Waals surface area contributed by atoms with Gasteiger partial charge in [-0.2, -0.15) is 0 Å². The standard InChI is InChI=1S/C11H11ClO5/c1-15-7-5-4-6(8(12)10(7)16-2)9(13)11(14)17-3/h4-5H,1-3H3. The van der Waals surface area contributed by atoms with E-state index in [4.69, 9.17) is 21.1 Å². The first-order chi connectivity index (χ1) is 8.06. The number of methoxy groups -OCH3 is 3. The van der Waals surface area contributed by atoms with E-state index in [0.29, 0.717) is 5.75 Å². The highest BCUT2D eigenvalue weighted by Gasteiger charge is 2.23. The molecule has 0 heterocycles. The number of Topliss-reactive ketones (excluding diaryl/α,β-unsaturated/α-hetero) is 1. The predicted molar refractivity (Wildman–Crippen MR) is 60.9 cm³/mol. The number of halogens is 1. The van der Waals surface area contributed by atoms with Crippen LogP contribution >= 0.6 is 11.6 Å². The zero-order chi connectivity index (χ0) is 13.0. The van der Waals surface area contributed by atoms with Gasteiger partial charge in [-0.3, -0.25) is 4.79 Å². The molecule has 0 bridgehead atoms. The summed E-state index contributed by atoms with van der Waals surface area (Å²) < 4.78 is 14.3. The SMILES string of the molecule is COC(=O)C(=O)c1ccc(OC)c(OC)c1Cl. The van der Waals surface area contributed by atoms with Crippen molar-refractivity contribution in [3.05, 3.63) is 22.7 Å². The van der Waals surface area contributed by atoms with E-state index < -0.39 is 11.8 Å². The monoisotopic (exact) mass is 258 g/mol. The Bertz CT molecular complexity index is 455. The fourth-order valence-corrected chi connectivity index (χ4v) is 1.59. The molecule has 1 aromatic rings. The first-order valence-electron chi connectivity index (χ1n) is 4.60. The Morgan fingerprint density at radius 2 is 1.76 bits per heavy atom. The fourth-order valence-electron chi connectivity index (χ4n) is 1.27. The first-order valence-corrected chi connectivity index (χ1v) is 4.97. The van der Waals surface area contributed by atoms with Crippen LogP contribution in [0.15, 0.2) is 12.1 Å². The summed E-state index contributed by atoms with van der Waals surface area (Å²) in [5.41, 5.74) is 0.0103. The zero-order valence-electron chi connectivity index (χ0n) is 9.57. The van der Waals surface area contributed by atoms with Gasteiger partial charge in [0.15, 0.2) is 11.5 Å². The lowest BCUT2D eigenvalue weighted by Crippen LogP contribution is -2.16. The molecule has 0 aliphatic rings. The van der Waals surface area contributed by atoms with Crippen molar-refractivity contribution in [1.82, 2.24) is 0 Å². The summed E-state index contributed by atoms with van der Waals surface area (Å²) in [7, 11) is 3.95. The predicted octanol–water partition coefficient (Wildman–Crippen LogP) is 1.71. The molecule has 0 saturated carbocycles. The van der Waals surface area contributed by atoms with E-state index in [1.54, 1.807) is 0 Å². The van der Waals surface area contributed by atoms with Crippen molar-refractivity contribution in [2.75, 3.05) is 21.3 Å². The molecule has 0 amide bonds. The topological polar surface area (TPSA) is 61.8 Å². The molecule has 0 aliphatic carbocycles. The van der Waals surface area contributed by atoms with Crippen LogP contribution in [0.3, 0.4) is 0 Å². The second-order valence-electron chi connectivity index (χ2n) is 2.98. The lowest BCUT2D eigenvalue weighted by molar-refractivity contribution is -0.135. The number of benzene rings is 1. The molecule has 0 radical (unpaired) electrons. The lowest BCUT2D eigenvalue weighted by atomic mass is 10.1. The summed E-state index contributed by atoms with van der Waals surface area (Å²) in [4.78, 5) is 22.7. The highest BCUT2D eigenvalue weighted by molar-refractivity contribution is 6.46. The van der Waals surface area contributed by atoms with Crippen LogP contribution in [0.5, 0.6) is 11.5 Å². The van der Waals surface area contributed by atoms with Crippen LogP contribution in [0.2, 0.25) is 5.02 Å². The Labute approximate surface area is 103 Å². The summed E-state index contributed by atoms with van der Waals surface area (Å²) in [6, 6.07) is 2.86. The van der Waals surface area contributed by atoms with E-state index in [9.17, 15) is 9.59 Å². The molecule has 5 nitrogen and oxygen atoms in total. The van der Waals surface area contributed by atoms with Gasteiger partial charge in [-0.15, -0.1) is 0 Å². The number of esters is 1. The van der Waals surface area contributed by atoms with Gasteiger partial charge in [0.05, 0.1) is 31.9 Å². The van der Waals surface area contributed by atoms with Gasteiger partial charge in [0.1, 0.15) is 0 Å². The summed E-state index contributed by atoms with van der Waals surface area (Å²) >= 11 is 5.96. The molecule has 0 aromatic heterocycles. The molecule has 0 atom stereocenters. The highest BCUT2D eigenvalue weighted by Crippen LogP contribution is 2.37. The molecule has 0 aliphatic heterocycles. The summed E-state index contributed by atoms with van der Waals surface area (Å²) in [6.45, 7) is 0. The van der Waals surface area contributed by atoms with Gasteiger partial charge >= 0.3 is 5.97 Å². The zero-order valence-corrected chi connectivity index (χ0v) is 10.3. The number of carbonyl (C=O) groups is 2. The summed E-state index contributed by atoms with van der Waals surface area (Å²) in [5, 5.41) is 0.0160. The molecule has 1 aromatic carbocycles. The van der Waals surface area contributed by atoms with Crippen LogP contribution in [-0.4, -0.2) is 33.1 Å². The van der Waals surface area contributed by atoms with Crippen molar-refractivity contribution in [3.63, 3.8) is 0 Å². The van der Waals surface area contributed by atoms with Crippen molar-refractivity contribution in [2.24, 2.45) is 0 Å². The Balaban J connectivity index is 3.28. The number of ketones is 1. The minimum atomic E-state index is -0.987. The van der Waals surface area contributed by atoms with Gasteiger partial charge in [0, 0.05) is 0 Å². The maximum Gasteiger partial charge on any atom is 0.379 e. The fraction of sp³-hybridized carbons (Fsp3) is 0.273. The van der Waals surface area contributed by atoms with Crippen molar-refractivity contribution in [1.29, 1.82) is 0 Å². The molecule has 6 heteroatoms. The van der Waals surface area contributed by atoms with E-state index in [2.05, 4.69) is 4.74 Å². The second-order valence-corrected chi connectivity index (χ2v) is 3.36. The van der Waals surface area contributed by atoms with Crippen LogP contribution < -0.4 is 9.47 Å². The third kappa shape index (κ3) is 2.50. The molecule has 0 spiro atoms. The van der Waals surface area contributed by atoms with Crippen LogP contribution in [0.4, 0.5) is 0 Å². The number of hydrogen-bond acceptors (Lipinski definition) is 5. The lowest BCUT2D eigenvalue weighted by Gasteiger charge is -2.11. The average molecular weight is 259 g/mol. The third-order valence-corrected chi connectivity index (χ3v) is 2.48. The molecule has 0 N–H and O–H groups in total. The maximum absolute atomic E-state index is 11.6. The maximum atomic E-state index is 11.6. The van der Waals surface area contributed by atoms with Gasteiger partial charge in [0.25, 0.3) is 5.78 Å². The number of hydrogen-bond donors (Lipinski definition) is 0. The van der Waals surface area contributed by atoms with Crippen molar-refractivity contribution < 1.29 is 23.8 Å². The van der Waals surface area contributed by atoms with E-state index in [-0.39, 0.29) is 16.3 Å². The van der Waals surface area contributed by atoms with Gasteiger partial charge in [-0.05, 0) is 12.1 Å². The van der Waals surface area contributed by atoms with Crippen LogP contribution in [0, 0.1) is 0 Å². The molecular weight excluding hydrogens is 248 g/mol. The molecular formula is C11H11ClO5. The van der Waals surface area contributed by atoms with E-state index in [1.165, 1.54) is 26.4 Å². The molecule has 1 rings (SSSR count). The van der Waals surface area contributed by atoms with Gasteiger partial charge in [-0.1, -0.05) is 11.6 Å². The summed E-state index contributed by atoms with van der Waals surface area (Å²) in [6.07, 6.45) is 0. The second kappa shape index (κ2) is 5.54. The number of carbonyl (C=O) groups excluding carboxylic acids is 2. The van der Waals surface area contributed by atoms with Crippen molar-refractivity contribution in [3.8, 4) is 11.5 Å². The first kappa shape index (κ1) is 13.3. The normalized spacial score (nSPS) is 9.65. The quantitative estimate of drug-likeness (QED) is 0.467. The molecule has 92 valence electrons. The number of rotatable bonds is 4. The molecule has 0 unspecified atom stereocenters. The van der Waals surface area contributed by atoms with Gasteiger partial charge < -0.3 is 14.2 Å². The minimum absolute atomic E-state index is 0.0103. The van der Waals surface area contributed by atoms with Crippen LogP contribution in [0.1, 0.15) is 10.4 Å². The Morgan fingerprint density at radius 3 is 2.24 bits per heavy atom. The Hall–Kier alpha value is -1.75. The van der Waals surface area contributed by atoms with E-state index in [1.807, 2.05) is 0 Å². The smallest absolute Gasteiger partial charge is 0.379 e. The van der Waals surface area contributed by atoms with Crippen molar-refractivity contribution >= 4 is 23.4 Å². The van der Waals surface area contributed by atoms with E-state index in [0.717, 1.165) is 7.11 Å². The van der Waals surface area contributed by atoms with Gasteiger partial charge in [-0.25, -0.2) is 4.79 Å². The highest BCUT2D eigenvalue weighted by atomic mass is 35.5. The Morgan fingerprint density at radius 1 is 1.12 bits per heavy atom. The number of ether oxygens (including phenoxy) is 3. The van der Waals surface area contributed by atoms with E-state index >= 15 is 0 Å². The Kier molecular flexibility index (Phi) is 4.34.